The number of aromatic nitrogens is 3. The van der Waals surface area contributed by atoms with Crippen molar-refractivity contribution in [2.75, 3.05) is 0 Å². The Morgan fingerprint density at radius 2 is 1.78 bits per heavy atom. The molecule has 1 heterocycles. The molecule has 0 saturated carbocycles. The van der Waals surface area contributed by atoms with Crippen LogP contribution in [0.5, 0.6) is 0 Å². The fourth-order valence-corrected chi connectivity index (χ4v) is 2.66. The smallest absolute Gasteiger partial charge is 0.163 e. The minimum atomic E-state index is 0.490. The van der Waals surface area contributed by atoms with Crippen molar-refractivity contribution in [2.45, 2.75) is 40.0 Å². The van der Waals surface area contributed by atoms with E-state index in [0.717, 1.165) is 29.3 Å². The fourth-order valence-electron chi connectivity index (χ4n) is 2.66. The highest BCUT2D eigenvalue weighted by Gasteiger charge is 2.15. The summed E-state index contributed by atoms with van der Waals surface area (Å²) < 4.78 is 2.00. The van der Waals surface area contributed by atoms with Crippen molar-refractivity contribution in [3.8, 4) is 17.1 Å². The summed E-state index contributed by atoms with van der Waals surface area (Å²) in [6, 6.07) is 16.9. The summed E-state index contributed by atoms with van der Waals surface area (Å²) in [7, 11) is 0. The summed E-state index contributed by atoms with van der Waals surface area (Å²) in [4.78, 5) is 4.74. The zero-order chi connectivity index (χ0) is 16.4. The van der Waals surface area contributed by atoms with Gasteiger partial charge >= 0.3 is 0 Å². The molecule has 0 aliphatic rings. The van der Waals surface area contributed by atoms with Gasteiger partial charge in [-0.2, -0.15) is 5.10 Å². The van der Waals surface area contributed by atoms with E-state index in [1.54, 1.807) is 0 Å². The van der Waals surface area contributed by atoms with Gasteiger partial charge in [-0.25, -0.2) is 9.67 Å². The molecule has 3 aromatic rings. The van der Waals surface area contributed by atoms with Crippen LogP contribution < -0.4 is 0 Å². The number of hydrogen-bond donors (Lipinski definition) is 0. The lowest BCUT2D eigenvalue weighted by Gasteiger charge is -2.13. The Labute approximate surface area is 138 Å². The molecular formula is C20H23N3. The molecule has 3 heteroatoms. The van der Waals surface area contributed by atoms with E-state index in [9.17, 15) is 0 Å². The van der Waals surface area contributed by atoms with Gasteiger partial charge in [-0.1, -0.05) is 63.2 Å². The molecule has 0 N–H and O–H groups in total. The number of hydrogen-bond acceptors (Lipinski definition) is 2. The second-order valence-corrected chi connectivity index (χ2v) is 6.18. The average Bonchev–Trinajstić information content (AvgIpc) is 3.00. The predicted molar refractivity (Wildman–Crippen MR) is 95.0 cm³/mol. The van der Waals surface area contributed by atoms with Gasteiger partial charge in [0.15, 0.2) is 11.6 Å². The Morgan fingerprint density at radius 3 is 2.43 bits per heavy atom. The van der Waals surface area contributed by atoms with Crippen molar-refractivity contribution in [1.82, 2.24) is 14.8 Å². The summed E-state index contributed by atoms with van der Waals surface area (Å²) in [5.41, 5.74) is 4.73. The summed E-state index contributed by atoms with van der Waals surface area (Å²) in [6.45, 7) is 8.64. The molecule has 0 bridgehead atoms. The maximum Gasteiger partial charge on any atom is 0.163 e. The minimum absolute atomic E-state index is 0.490. The summed E-state index contributed by atoms with van der Waals surface area (Å²) in [6.07, 6.45) is 0.829. The molecule has 0 saturated heterocycles. The molecule has 0 amide bonds. The largest absolute Gasteiger partial charge is 0.213 e. The van der Waals surface area contributed by atoms with Crippen molar-refractivity contribution in [1.29, 1.82) is 0 Å². The Morgan fingerprint density at radius 1 is 1.04 bits per heavy atom. The van der Waals surface area contributed by atoms with Gasteiger partial charge in [0.2, 0.25) is 0 Å². The highest BCUT2D eigenvalue weighted by Crippen LogP contribution is 2.26. The number of nitrogens with zero attached hydrogens (tertiary/aromatic N) is 3. The zero-order valence-electron chi connectivity index (χ0n) is 14.2. The van der Waals surface area contributed by atoms with Crippen LogP contribution in [0.4, 0.5) is 0 Å². The van der Waals surface area contributed by atoms with Crippen molar-refractivity contribution >= 4 is 0 Å². The summed E-state index contributed by atoms with van der Waals surface area (Å²) in [5.74, 6) is 2.27. The third-order valence-corrected chi connectivity index (χ3v) is 4.13. The lowest BCUT2D eigenvalue weighted by Crippen LogP contribution is -2.04. The first-order valence-electron chi connectivity index (χ1n) is 8.22. The predicted octanol–water partition coefficient (Wildman–Crippen LogP) is 4.93. The molecule has 0 unspecified atom stereocenters. The fraction of sp³-hybridized carbons (Fsp3) is 0.300. The maximum atomic E-state index is 4.74. The topological polar surface area (TPSA) is 30.7 Å². The second kappa shape index (κ2) is 6.37. The molecule has 0 spiro atoms. The van der Waals surface area contributed by atoms with Crippen LogP contribution in [0.3, 0.4) is 0 Å². The van der Waals surface area contributed by atoms with Crippen LogP contribution in [0.25, 0.3) is 17.1 Å². The second-order valence-electron chi connectivity index (χ2n) is 6.18. The molecule has 0 fully saturated rings. The monoisotopic (exact) mass is 305 g/mol. The van der Waals surface area contributed by atoms with Gasteiger partial charge in [0.1, 0.15) is 0 Å². The molecule has 3 nitrogen and oxygen atoms in total. The van der Waals surface area contributed by atoms with Gasteiger partial charge < -0.3 is 0 Å². The van der Waals surface area contributed by atoms with E-state index in [1.807, 2.05) is 22.9 Å². The lowest BCUT2D eigenvalue weighted by molar-refractivity contribution is 0.823. The van der Waals surface area contributed by atoms with Crippen LogP contribution in [0, 0.1) is 6.92 Å². The van der Waals surface area contributed by atoms with Gasteiger partial charge in [-0.3, -0.25) is 0 Å². The van der Waals surface area contributed by atoms with Crippen molar-refractivity contribution in [3.63, 3.8) is 0 Å². The van der Waals surface area contributed by atoms with E-state index >= 15 is 0 Å². The van der Waals surface area contributed by atoms with Crippen LogP contribution in [0.15, 0.2) is 48.5 Å². The first kappa shape index (κ1) is 15.5. The van der Waals surface area contributed by atoms with E-state index in [4.69, 9.17) is 10.1 Å². The average molecular weight is 305 g/mol. The molecule has 0 radical (unpaired) electrons. The van der Waals surface area contributed by atoms with Gasteiger partial charge in [0, 0.05) is 12.0 Å². The number of aryl methyl sites for hydroxylation is 2. The summed E-state index contributed by atoms with van der Waals surface area (Å²) in [5, 5.41) is 4.74. The Kier molecular flexibility index (Phi) is 4.28. The Balaban J connectivity index is 2.20. The zero-order valence-corrected chi connectivity index (χ0v) is 14.2. The van der Waals surface area contributed by atoms with Gasteiger partial charge in [-0.15, -0.1) is 0 Å². The van der Waals surface area contributed by atoms with Crippen LogP contribution in [-0.4, -0.2) is 14.8 Å². The molecule has 0 atom stereocenters. The SMILES string of the molecule is CCc1nc(-c2ccccc2)n(-c2cc(C(C)C)ccc2C)n1. The van der Waals surface area contributed by atoms with Crippen LogP contribution in [-0.2, 0) is 6.42 Å². The standard InChI is InChI=1S/C20H23N3/c1-5-19-21-20(16-9-7-6-8-10-16)23(22-19)18-13-17(14(2)3)12-11-15(18)4/h6-14H,5H2,1-4H3. The van der Waals surface area contributed by atoms with Crippen molar-refractivity contribution in [3.05, 3.63) is 65.5 Å². The third kappa shape index (κ3) is 3.04. The van der Waals surface area contributed by atoms with Crippen LogP contribution in [0.1, 0.15) is 43.6 Å². The Bertz CT molecular complexity index is 801. The third-order valence-electron chi connectivity index (χ3n) is 4.13. The molecule has 0 aliphatic heterocycles. The van der Waals surface area contributed by atoms with E-state index in [1.165, 1.54) is 11.1 Å². The van der Waals surface area contributed by atoms with Gasteiger partial charge in [-0.05, 0) is 30.0 Å². The molecule has 118 valence electrons. The maximum absolute atomic E-state index is 4.74. The molecule has 1 aromatic heterocycles. The number of rotatable bonds is 4. The first-order chi connectivity index (χ1) is 11.1. The molecule has 2 aromatic carbocycles. The van der Waals surface area contributed by atoms with Crippen molar-refractivity contribution < 1.29 is 0 Å². The van der Waals surface area contributed by atoms with Gasteiger partial charge in [0.25, 0.3) is 0 Å². The first-order valence-corrected chi connectivity index (χ1v) is 8.22. The quantitative estimate of drug-likeness (QED) is 0.684. The normalized spacial score (nSPS) is 11.2. The number of benzene rings is 2. The van der Waals surface area contributed by atoms with Gasteiger partial charge in [0.05, 0.1) is 5.69 Å². The molecule has 0 aliphatic carbocycles. The lowest BCUT2D eigenvalue weighted by atomic mass is 10.0. The highest BCUT2D eigenvalue weighted by molar-refractivity contribution is 5.59. The molecular weight excluding hydrogens is 282 g/mol. The van der Waals surface area contributed by atoms with E-state index < -0.39 is 0 Å². The Hall–Kier alpha value is -2.42. The van der Waals surface area contributed by atoms with E-state index in [0.29, 0.717) is 5.92 Å². The van der Waals surface area contributed by atoms with Crippen molar-refractivity contribution in [2.24, 2.45) is 0 Å². The van der Waals surface area contributed by atoms with Crippen LogP contribution >= 0.6 is 0 Å². The van der Waals surface area contributed by atoms with E-state index in [2.05, 4.69) is 58.0 Å². The molecule has 3 rings (SSSR count). The van der Waals surface area contributed by atoms with E-state index in [-0.39, 0.29) is 0 Å². The summed E-state index contributed by atoms with van der Waals surface area (Å²) >= 11 is 0. The molecule has 23 heavy (non-hydrogen) atoms. The highest BCUT2D eigenvalue weighted by atomic mass is 15.4. The van der Waals surface area contributed by atoms with Crippen LogP contribution in [0.2, 0.25) is 0 Å². The minimum Gasteiger partial charge on any atom is -0.213 e.